The Morgan fingerprint density at radius 3 is 2.66 bits per heavy atom. The number of benzene rings is 2. The lowest BCUT2D eigenvalue weighted by atomic mass is 9.81. The maximum atomic E-state index is 15.2. The summed E-state index contributed by atoms with van der Waals surface area (Å²) < 4.78 is 41.2. The van der Waals surface area contributed by atoms with E-state index in [0.29, 0.717) is 35.6 Å². The van der Waals surface area contributed by atoms with E-state index in [1.807, 2.05) is 0 Å². The molecule has 0 radical (unpaired) electrons. The first-order valence-corrected chi connectivity index (χ1v) is 14.8. The number of aromatic nitrogens is 2. The number of methoxy groups -OCH3 is 1. The first kappa shape index (κ1) is 30.2. The molecule has 2 amide bonds. The number of ether oxygens (including phenoxy) is 2. The summed E-state index contributed by atoms with van der Waals surface area (Å²) in [5.74, 6) is -2.97. The van der Waals surface area contributed by atoms with Crippen LogP contribution in [0.4, 0.5) is 8.78 Å². The summed E-state index contributed by atoms with van der Waals surface area (Å²) in [4.78, 5) is 35.0. The van der Waals surface area contributed by atoms with Gasteiger partial charge >= 0.3 is 0 Å². The Bertz CT molecular complexity index is 1870. The molecule has 44 heavy (non-hydrogen) atoms. The summed E-state index contributed by atoms with van der Waals surface area (Å²) in [5.41, 5.74) is 3.62. The van der Waals surface area contributed by atoms with Gasteiger partial charge in [-0.15, -0.1) is 0 Å². The highest BCUT2D eigenvalue weighted by atomic mass is 79.9. The molecule has 3 heterocycles. The molecule has 1 aliphatic carbocycles. The number of pyridine rings is 2. The number of amides is 2. The molecule has 2 atom stereocenters. The normalized spacial score (nSPS) is 18.8. The van der Waals surface area contributed by atoms with E-state index in [2.05, 4.69) is 31.2 Å². The number of hydrogen-bond donors (Lipinski definition) is 3. The molecule has 2 aliphatic rings. The minimum absolute atomic E-state index is 0.0658. The van der Waals surface area contributed by atoms with Crippen molar-refractivity contribution in [2.75, 3.05) is 20.3 Å². The average molecular weight is 688 g/mol. The van der Waals surface area contributed by atoms with Crippen molar-refractivity contribution in [1.82, 2.24) is 15.3 Å². The fraction of sp³-hybridized carbons (Fsp3) is 0.290. The fourth-order valence-electron chi connectivity index (χ4n) is 5.49. The Morgan fingerprint density at radius 1 is 1.23 bits per heavy atom. The zero-order valence-electron chi connectivity index (χ0n) is 23.5. The third-order valence-corrected chi connectivity index (χ3v) is 9.02. The highest BCUT2D eigenvalue weighted by Gasteiger charge is 2.50. The predicted octanol–water partition coefficient (Wildman–Crippen LogP) is 5.16. The molecule has 4 aromatic rings. The van der Waals surface area contributed by atoms with Crippen molar-refractivity contribution < 1.29 is 33.0 Å². The summed E-state index contributed by atoms with van der Waals surface area (Å²) in [5, 5.41) is 15.3. The van der Waals surface area contributed by atoms with E-state index in [0.717, 1.165) is 10.5 Å². The Morgan fingerprint density at radius 2 is 1.98 bits per heavy atom. The van der Waals surface area contributed by atoms with Crippen molar-refractivity contribution in [3.05, 3.63) is 80.5 Å². The summed E-state index contributed by atoms with van der Waals surface area (Å²) >= 11 is 9.38. The van der Waals surface area contributed by atoms with Crippen molar-refractivity contribution in [1.29, 1.82) is 0 Å². The molecular formula is C31H26BrClF2N4O5. The van der Waals surface area contributed by atoms with Gasteiger partial charge in [-0.2, -0.15) is 0 Å². The molecule has 0 spiro atoms. The van der Waals surface area contributed by atoms with Gasteiger partial charge in [-0.1, -0.05) is 11.6 Å². The van der Waals surface area contributed by atoms with Gasteiger partial charge in [-0.05, 0) is 71.9 Å². The van der Waals surface area contributed by atoms with E-state index in [1.54, 1.807) is 31.3 Å². The number of nitrogens with zero attached hydrogens (tertiary/aromatic N) is 2. The summed E-state index contributed by atoms with van der Waals surface area (Å²) in [6.07, 6.45) is 2.88. The molecule has 1 aliphatic heterocycles. The molecule has 9 nitrogen and oxygen atoms in total. The van der Waals surface area contributed by atoms with Gasteiger partial charge in [0, 0.05) is 38.8 Å². The monoisotopic (exact) mass is 686 g/mol. The van der Waals surface area contributed by atoms with Gasteiger partial charge in [0.15, 0.2) is 0 Å². The van der Waals surface area contributed by atoms with E-state index in [9.17, 15) is 19.1 Å². The molecule has 4 N–H and O–H groups in total. The smallest absolute Gasteiger partial charge is 0.251 e. The minimum atomic E-state index is -1.73. The lowest BCUT2D eigenvalue weighted by molar-refractivity contribution is -0.123. The zero-order valence-corrected chi connectivity index (χ0v) is 25.9. The molecule has 6 rings (SSSR count). The Labute approximate surface area is 263 Å². The molecule has 13 heteroatoms. The van der Waals surface area contributed by atoms with Gasteiger partial charge in [-0.3, -0.25) is 14.6 Å². The topological polar surface area (TPSA) is 137 Å². The second kappa shape index (κ2) is 10.9. The van der Waals surface area contributed by atoms with Crippen LogP contribution in [-0.4, -0.2) is 47.2 Å². The fourth-order valence-corrected chi connectivity index (χ4v) is 6.01. The van der Waals surface area contributed by atoms with E-state index in [1.165, 1.54) is 13.2 Å². The molecule has 228 valence electrons. The quantitative estimate of drug-likeness (QED) is 0.218. The SMILES string of the molecule is COc1cc(C(=O)NC[C@](O)(c2cc3c(c(-c4cc(Cl)c(F)cc4F)n2)OC[C@]3(C)C(N)=O)C2CC2)cc2cc(Br)cnc12. The van der Waals surface area contributed by atoms with Gasteiger partial charge in [-0.25, -0.2) is 13.8 Å². The van der Waals surface area contributed by atoms with E-state index >= 15 is 4.39 Å². The van der Waals surface area contributed by atoms with E-state index in [4.69, 9.17) is 26.8 Å². The van der Waals surface area contributed by atoms with Gasteiger partial charge < -0.3 is 25.6 Å². The average Bonchev–Trinajstić information content (AvgIpc) is 3.80. The number of nitrogens with one attached hydrogen (secondary N) is 1. The number of hydrogen-bond acceptors (Lipinski definition) is 7. The van der Waals surface area contributed by atoms with Crippen LogP contribution in [0.15, 0.2) is 47.1 Å². The molecule has 0 bridgehead atoms. The third kappa shape index (κ3) is 5.04. The van der Waals surface area contributed by atoms with Crippen LogP contribution < -0.4 is 20.5 Å². The molecule has 1 fully saturated rings. The van der Waals surface area contributed by atoms with Crippen LogP contribution in [0.5, 0.6) is 11.5 Å². The molecule has 0 saturated heterocycles. The number of halogens is 4. The zero-order chi connectivity index (χ0) is 31.6. The summed E-state index contributed by atoms with van der Waals surface area (Å²) in [6.45, 7) is 1.15. The lowest BCUT2D eigenvalue weighted by Gasteiger charge is -2.30. The van der Waals surface area contributed by atoms with Gasteiger partial charge in [0.05, 0.1) is 24.4 Å². The van der Waals surface area contributed by atoms with Gasteiger partial charge in [0.1, 0.15) is 52.0 Å². The molecule has 0 unspecified atom stereocenters. The minimum Gasteiger partial charge on any atom is -0.494 e. The number of carbonyl (C=O) groups is 2. The number of nitrogens with two attached hydrogens (primary N) is 1. The van der Waals surface area contributed by atoms with Crippen LogP contribution in [0.25, 0.3) is 22.2 Å². The number of aliphatic hydroxyl groups is 1. The Balaban J connectivity index is 1.42. The van der Waals surface area contributed by atoms with Crippen LogP contribution >= 0.6 is 27.5 Å². The Kier molecular flexibility index (Phi) is 7.50. The first-order chi connectivity index (χ1) is 20.9. The maximum Gasteiger partial charge on any atom is 0.251 e. The van der Waals surface area contributed by atoms with Crippen LogP contribution in [0.3, 0.4) is 0 Å². The van der Waals surface area contributed by atoms with Crippen molar-refractivity contribution >= 4 is 50.2 Å². The van der Waals surface area contributed by atoms with Crippen LogP contribution in [0.2, 0.25) is 5.02 Å². The van der Waals surface area contributed by atoms with Crippen molar-refractivity contribution in [3.8, 4) is 22.8 Å². The van der Waals surface area contributed by atoms with E-state index < -0.39 is 34.5 Å². The third-order valence-electron chi connectivity index (χ3n) is 8.29. The second-order valence-electron chi connectivity index (χ2n) is 11.2. The molecule has 1 saturated carbocycles. The van der Waals surface area contributed by atoms with Crippen molar-refractivity contribution in [2.24, 2.45) is 11.7 Å². The molecule has 2 aromatic carbocycles. The number of rotatable bonds is 8. The maximum absolute atomic E-state index is 15.2. The van der Waals surface area contributed by atoms with Crippen LogP contribution in [0, 0.1) is 17.6 Å². The second-order valence-corrected chi connectivity index (χ2v) is 12.6. The number of primary amides is 1. The number of carbonyl (C=O) groups excluding carboxylic acids is 2. The number of fused-ring (bicyclic) bond motifs is 2. The van der Waals surface area contributed by atoms with Gasteiger partial charge in [0.25, 0.3) is 5.91 Å². The first-order valence-electron chi connectivity index (χ1n) is 13.6. The highest BCUT2D eigenvalue weighted by molar-refractivity contribution is 9.10. The Hall–Kier alpha value is -3.87. The van der Waals surface area contributed by atoms with Crippen LogP contribution in [-0.2, 0) is 15.8 Å². The van der Waals surface area contributed by atoms with Gasteiger partial charge in [0.2, 0.25) is 5.91 Å². The lowest BCUT2D eigenvalue weighted by Crippen LogP contribution is -2.44. The largest absolute Gasteiger partial charge is 0.494 e. The van der Waals surface area contributed by atoms with E-state index in [-0.39, 0.29) is 57.9 Å². The molecular weight excluding hydrogens is 662 g/mol. The summed E-state index contributed by atoms with van der Waals surface area (Å²) in [6, 6.07) is 8.21. The standard InChI is InChI=1S/C31H26BrClF2N4O5/c1-30(29(36)41)13-44-27-19(30)9-24(39-26(27)18-8-20(33)22(35)10-21(18)34)31(42,16-3-4-16)12-38-28(40)15-5-14-6-17(32)11-37-25(14)23(7-15)43-2/h5-11,16,42H,3-4,12-13H2,1-2H3,(H2,36,41)(H,38,40)/t30-,31+/m0/s1. The molecule has 2 aromatic heterocycles. The summed E-state index contributed by atoms with van der Waals surface area (Å²) in [7, 11) is 1.48. The van der Waals surface area contributed by atoms with Crippen molar-refractivity contribution in [3.63, 3.8) is 0 Å². The highest BCUT2D eigenvalue weighted by Crippen LogP contribution is 2.50. The predicted molar refractivity (Wildman–Crippen MR) is 162 cm³/mol. The van der Waals surface area contributed by atoms with Crippen LogP contribution in [0.1, 0.15) is 41.4 Å². The van der Waals surface area contributed by atoms with Crippen molar-refractivity contribution in [2.45, 2.75) is 30.8 Å².